The van der Waals surface area contributed by atoms with E-state index in [4.69, 9.17) is 19.3 Å². The van der Waals surface area contributed by atoms with Crippen LogP contribution >= 0.6 is 0 Å². The number of aliphatic carboxylic acids is 1. The molecule has 0 aliphatic carbocycles. The Morgan fingerprint density at radius 3 is 2.34 bits per heavy atom. The second-order valence-corrected chi connectivity index (χ2v) is 5.86. The standard InChI is InChI=1S/C21H20N2O6/c1-13(21(25)26)29-18-9-4-14(11-19(18)28-3)10-15(12-22)20(24)23-16-5-7-17(27-2)8-6-16/h4-11,13H,1-3H3,(H,23,24)(H,25,26)/b15-10-/t13-/m1/s1. The van der Waals surface area contributed by atoms with Crippen LogP contribution in [0.4, 0.5) is 5.69 Å². The highest BCUT2D eigenvalue weighted by molar-refractivity contribution is 6.09. The fourth-order valence-electron chi connectivity index (χ4n) is 2.30. The third kappa shape index (κ3) is 5.74. The number of nitriles is 1. The highest BCUT2D eigenvalue weighted by atomic mass is 16.5. The van der Waals surface area contributed by atoms with Crippen LogP contribution in [0.2, 0.25) is 0 Å². The zero-order valence-electron chi connectivity index (χ0n) is 16.1. The van der Waals surface area contributed by atoms with Gasteiger partial charge >= 0.3 is 5.97 Å². The lowest BCUT2D eigenvalue weighted by Crippen LogP contribution is -2.23. The van der Waals surface area contributed by atoms with Gasteiger partial charge in [-0.3, -0.25) is 4.79 Å². The van der Waals surface area contributed by atoms with E-state index in [1.807, 2.05) is 6.07 Å². The van der Waals surface area contributed by atoms with Crippen molar-refractivity contribution in [3.63, 3.8) is 0 Å². The highest BCUT2D eigenvalue weighted by Crippen LogP contribution is 2.30. The molecule has 2 N–H and O–H groups in total. The minimum atomic E-state index is -1.11. The molecule has 8 nitrogen and oxygen atoms in total. The van der Waals surface area contributed by atoms with E-state index >= 15 is 0 Å². The van der Waals surface area contributed by atoms with Gasteiger partial charge in [-0.25, -0.2) is 4.79 Å². The van der Waals surface area contributed by atoms with Gasteiger partial charge in [-0.1, -0.05) is 6.07 Å². The van der Waals surface area contributed by atoms with Crippen molar-refractivity contribution < 1.29 is 28.9 Å². The molecule has 0 saturated carbocycles. The van der Waals surface area contributed by atoms with E-state index in [0.717, 1.165) is 0 Å². The van der Waals surface area contributed by atoms with Crippen LogP contribution in [0, 0.1) is 11.3 Å². The molecule has 0 saturated heterocycles. The van der Waals surface area contributed by atoms with Gasteiger partial charge in [0.15, 0.2) is 17.6 Å². The number of carboxylic acid groups (broad SMARTS) is 1. The molecule has 0 aromatic heterocycles. The maximum atomic E-state index is 12.4. The van der Waals surface area contributed by atoms with Crippen molar-refractivity contribution >= 4 is 23.6 Å². The number of methoxy groups -OCH3 is 2. The zero-order chi connectivity index (χ0) is 21.4. The third-order valence-electron chi connectivity index (χ3n) is 3.86. The number of carbonyl (C=O) groups excluding carboxylic acids is 1. The number of hydrogen-bond acceptors (Lipinski definition) is 6. The highest BCUT2D eigenvalue weighted by Gasteiger charge is 2.16. The predicted octanol–water partition coefficient (Wildman–Crippen LogP) is 3.10. The lowest BCUT2D eigenvalue weighted by atomic mass is 10.1. The molecule has 0 aliphatic rings. The Balaban J connectivity index is 2.21. The fourth-order valence-corrected chi connectivity index (χ4v) is 2.30. The Morgan fingerprint density at radius 1 is 1.10 bits per heavy atom. The molecule has 8 heteroatoms. The van der Waals surface area contributed by atoms with Crippen LogP contribution in [0.15, 0.2) is 48.0 Å². The van der Waals surface area contributed by atoms with Crippen LogP contribution in [0.25, 0.3) is 6.08 Å². The average molecular weight is 396 g/mol. The molecule has 0 aliphatic heterocycles. The Labute approximate surface area is 167 Å². The van der Waals surface area contributed by atoms with Crippen molar-refractivity contribution in [1.29, 1.82) is 5.26 Å². The van der Waals surface area contributed by atoms with E-state index in [9.17, 15) is 14.9 Å². The Morgan fingerprint density at radius 2 is 1.79 bits per heavy atom. The molecule has 0 fully saturated rings. The maximum Gasteiger partial charge on any atom is 0.344 e. The first-order valence-corrected chi connectivity index (χ1v) is 8.52. The van der Waals surface area contributed by atoms with Gasteiger partial charge in [-0.2, -0.15) is 5.26 Å². The molecule has 2 aromatic carbocycles. The Hall–Kier alpha value is -3.99. The van der Waals surface area contributed by atoms with E-state index in [0.29, 0.717) is 17.0 Å². The maximum absolute atomic E-state index is 12.4. The van der Waals surface area contributed by atoms with Crippen molar-refractivity contribution in [2.75, 3.05) is 19.5 Å². The SMILES string of the molecule is COc1ccc(NC(=O)/C(C#N)=C\c2ccc(O[C@H](C)C(=O)O)c(OC)c2)cc1. The lowest BCUT2D eigenvalue weighted by Gasteiger charge is -2.14. The molecule has 2 rings (SSSR count). The van der Waals surface area contributed by atoms with Crippen molar-refractivity contribution in [2.24, 2.45) is 0 Å². The molecule has 150 valence electrons. The summed E-state index contributed by atoms with van der Waals surface area (Å²) in [6.07, 6.45) is 0.335. The molecule has 2 aromatic rings. The normalized spacial score (nSPS) is 11.7. The van der Waals surface area contributed by atoms with Crippen LogP contribution in [-0.2, 0) is 9.59 Å². The summed E-state index contributed by atoms with van der Waals surface area (Å²) in [5, 5.41) is 21.0. The zero-order valence-corrected chi connectivity index (χ0v) is 16.1. The molecule has 0 bridgehead atoms. The van der Waals surface area contributed by atoms with Gasteiger partial charge in [0, 0.05) is 5.69 Å². The number of anilines is 1. The topological polar surface area (TPSA) is 118 Å². The number of hydrogen-bond donors (Lipinski definition) is 2. The van der Waals surface area contributed by atoms with Crippen molar-refractivity contribution in [1.82, 2.24) is 0 Å². The van der Waals surface area contributed by atoms with Gasteiger partial charge in [-0.05, 0) is 55.0 Å². The molecule has 0 radical (unpaired) electrons. The first-order valence-electron chi connectivity index (χ1n) is 8.52. The number of nitrogens with zero attached hydrogens (tertiary/aromatic N) is 1. The van der Waals surface area contributed by atoms with Crippen LogP contribution in [0.3, 0.4) is 0 Å². The number of carboxylic acids is 1. The second-order valence-electron chi connectivity index (χ2n) is 5.86. The van der Waals surface area contributed by atoms with Crippen LogP contribution < -0.4 is 19.5 Å². The summed E-state index contributed by atoms with van der Waals surface area (Å²) in [6.45, 7) is 1.40. The molecule has 1 atom stereocenters. The third-order valence-corrected chi connectivity index (χ3v) is 3.86. The van der Waals surface area contributed by atoms with Crippen molar-refractivity contribution in [2.45, 2.75) is 13.0 Å². The first kappa shape index (κ1) is 21.3. The smallest absolute Gasteiger partial charge is 0.344 e. The quantitative estimate of drug-likeness (QED) is 0.520. The Kier molecular flexibility index (Phi) is 7.20. The summed E-state index contributed by atoms with van der Waals surface area (Å²) in [5.41, 5.74) is 0.912. The van der Waals surface area contributed by atoms with Crippen LogP contribution in [0.5, 0.6) is 17.2 Å². The Bertz CT molecular complexity index is 960. The summed E-state index contributed by atoms with van der Waals surface area (Å²) < 4.78 is 15.6. The summed E-state index contributed by atoms with van der Waals surface area (Å²) in [4.78, 5) is 23.3. The van der Waals surface area contributed by atoms with Gasteiger partial charge in [0.1, 0.15) is 17.4 Å². The molecule has 0 heterocycles. The number of benzene rings is 2. The average Bonchev–Trinajstić information content (AvgIpc) is 2.73. The van der Waals surface area contributed by atoms with Crippen molar-refractivity contribution in [3.8, 4) is 23.3 Å². The van der Waals surface area contributed by atoms with E-state index in [1.54, 1.807) is 36.4 Å². The number of ether oxygens (including phenoxy) is 3. The van der Waals surface area contributed by atoms with Crippen LogP contribution in [-0.4, -0.2) is 37.3 Å². The minimum absolute atomic E-state index is 0.115. The van der Waals surface area contributed by atoms with Gasteiger partial charge < -0.3 is 24.6 Å². The molecule has 0 spiro atoms. The number of amides is 1. The second kappa shape index (κ2) is 9.80. The monoisotopic (exact) mass is 396 g/mol. The van der Waals surface area contributed by atoms with Gasteiger partial charge in [0.25, 0.3) is 5.91 Å². The number of rotatable bonds is 8. The fraction of sp³-hybridized carbons (Fsp3) is 0.190. The summed E-state index contributed by atoms with van der Waals surface area (Å²) in [6, 6.07) is 13.2. The van der Waals surface area contributed by atoms with Gasteiger partial charge in [0.2, 0.25) is 0 Å². The summed E-state index contributed by atoms with van der Waals surface area (Å²) in [7, 11) is 2.94. The van der Waals surface area contributed by atoms with Crippen molar-refractivity contribution in [3.05, 3.63) is 53.6 Å². The lowest BCUT2D eigenvalue weighted by molar-refractivity contribution is -0.144. The predicted molar refractivity (Wildman–Crippen MR) is 106 cm³/mol. The number of carbonyl (C=O) groups is 2. The van der Waals surface area contributed by atoms with E-state index in [-0.39, 0.29) is 17.1 Å². The van der Waals surface area contributed by atoms with Gasteiger partial charge in [-0.15, -0.1) is 0 Å². The molecule has 1 amide bonds. The molecule has 29 heavy (non-hydrogen) atoms. The molecular weight excluding hydrogens is 376 g/mol. The van der Waals surface area contributed by atoms with E-state index in [2.05, 4.69) is 5.32 Å². The van der Waals surface area contributed by atoms with Gasteiger partial charge in [0.05, 0.1) is 14.2 Å². The molecular formula is C21H20N2O6. The number of nitrogens with one attached hydrogen (secondary N) is 1. The summed E-state index contributed by atoms with van der Waals surface area (Å²) in [5.74, 6) is -0.527. The van der Waals surface area contributed by atoms with E-state index in [1.165, 1.54) is 33.3 Å². The largest absolute Gasteiger partial charge is 0.497 e. The summed E-state index contributed by atoms with van der Waals surface area (Å²) >= 11 is 0. The van der Waals surface area contributed by atoms with E-state index < -0.39 is 18.0 Å². The van der Waals surface area contributed by atoms with Crippen LogP contribution in [0.1, 0.15) is 12.5 Å². The minimum Gasteiger partial charge on any atom is -0.497 e. The first-order chi connectivity index (χ1) is 13.9. The molecule has 0 unspecified atom stereocenters.